The van der Waals surface area contributed by atoms with Gasteiger partial charge >= 0.3 is 0 Å². The molecule has 0 saturated heterocycles. The normalized spacial score (nSPS) is 11.9. The van der Waals surface area contributed by atoms with Gasteiger partial charge in [-0.15, -0.1) is 0 Å². The van der Waals surface area contributed by atoms with Crippen LogP contribution in [0, 0.1) is 5.92 Å². The second-order valence-corrected chi connectivity index (χ2v) is 7.16. The van der Waals surface area contributed by atoms with Crippen LogP contribution in [0.2, 0.25) is 0 Å². The van der Waals surface area contributed by atoms with Crippen molar-refractivity contribution in [1.82, 2.24) is 5.32 Å². The molecule has 2 aromatic rings. The zero-order valence-corrected chi connectivity index (χ0v) is 16.4. The van der Waals surface area contributed by atoms with Gasteiger partial charge in [-0.2, -0.15) is 0 Å². The van der Waals surface area contributed by atoms with Crippen LogP contribution in [0.3, 0.4) is 0 Å². The second-order valence-electron chi connectivity index (χ2n) is 7.16. The van der Waals surface area contributed by atoms with Crippen molar-refractivity contribution in [2.24, 2.45) is 5.92 Å². The first-order chi connectivity index (χ1) is 12.9. The van der Waals surface area contributed by atoms with E-state index in [1.807, 2.05) is 56.3 Å². The van der Waals surface area contributed by atoms with Gasteiger partial charge in [-0.3, -0.25) is 9.59 Å². The Labute approximate surface area is 161 Å². The van der Waals surface area contributed by atoms with E-state index in [2.05, 4.69) is 24.5 Å². The number of ether oxygens (including phenoxy) is 1. The fourth-order valence-corrected chi connectivity index (χ4v) is 2.61. The highest BCUT2D eigenvalue weighted by atomic mass is 16.5. The summed E-state index contributed by atoms with van der Waals surface area (Å²) in [6, 6.07) is 16.2. The number of carbonyl (C=O) groups excluding carboxylic acids is 2. The summed E-state index contributed by atoms with van der Waals surface area (Å²) >= 11 is 0. The van der Waals surface area contributed by atoms with E-state index in [0.717, 1.165) is 11.3 Å². The number of nitrogens with one attached hydrogen (secondary N) is 2. The minimum atomic E-state index is -0.639. The summed E-state index contributed by atoms with van der Waals surface area (Å²) in [5, 5.41) is 5.67. The van der Waals surface area contributed by atoms with Gasteiger partial charge in [0.1, 0.15) is 11.8 Å². The maximum atomic E-state index is 12.7. The predicted molar refractivity (Wildman–Crippen MR) is 108 cm³/mol. The van der Waals surface area contributed by atoms with Crippen molar-refractivity contribution in [2.45, 2.75) is 39.7 Å². The Balaban J connectivity index is 1.96. The maximum absolute atomic E-state index is 12.7. The second kappa shape index (κ2) is 9.76. The monoisotopic (exact) mass is 368 g/mol. The van der Waals surface area contributed by atoms with E-state index in [1.165, 1.54) is 0 Å². The van der Waals surface area contributed by atoms with Crippen molar-refractivity contribution in [3.8, 4) is 5.75 Å². The van der Waals surface area contributed by atoms with Crippen LogP contribution in [0.1, 0.15) is 39.2 Å². The molecule has 0 unspecified atom stereocenters. The first kappa shape index (κ1) is 20.5. The van der Waals surface area contributed by atoms with Crippen LogP contribution < -0.4 is 15.4 Å². The van der Waals surface area contributed by atoms with Crippen LogP contribution in [-0.4, -0.2) is 24.5 Å². The molecule has 1 atom stereocenters. The van der Waals surface area contributed by atoms with Crippen LogP contribution in [0.25, 0.3) is 0 Å². The number of carbonyl (C=O) groups is 2. The lowest BCUT2D eigenvalue weighted by molar-refractivity contribution is -0.128. The molecule has 0 spiro atoms. The van der Waals surface area contributed by atoms with Crippen molar-refractivity contribution < 1.29 is 14.3 Å². The van der Waals surface area contributed by atoms with Gasteiger partial charge < -0.3 is 15.4 Å². The van der Waals surface area contributed by atoms with Gasteiger partial charge in [0.05, 0.1) is 0 Å². The number of para-hydroxylation sites is 1. The van der Waals surface area contributed by atoms with Crippen LogP contribution >= 0.6 is 0 Å². The third-order valence-corrected chi connectivity index (χ3v) is 4.20. The number of hydrogen-bond acceptors (Lipinski definition) is 3. The van der Waals surface area contributed by atoms with Crippen LogP contribution in [0.5, 0.6) is 5.75 Å². The average Bonchev–Trinajstić information content (AvgIpc) is 2.65. The topological polar surface area (TPSA) is 67.4 Å². The zero-order chi connectivity index (χ0) is 19.8. The molecule has 5 nitrogen and oxygen atoms in total. The molecule has 27 heavy (non-hydrogen) atoms. The molecular formula is C22H28N2O3. The third kappa shape index (κ3) is 6.44. The summed E-state index contributed by atoms with van der Waals surface area (Å²) < 4.78 is 5.44. The summed E-state index contributed by atoms with van der Waals surface area (Å²) in [6.07, 6.45) is 0. The highest BCUT2D eigenvalue weighted by molar-refractivity contribution is 5.97. The Bertz CT molecular complexity index is 757. The van der Waals surface area contributed by atoms with E-state index < -0.39 is 6.04 Å². The summed E-state index contributed by atoms with van der Waals surface area (Å²) in [6.45, 7) is 7.86. The van der Waals surface area contributed by atoms with E-state index >= 15 is 0 Å². The van der Waals surface area contributed by atoms with E-state index in [-0.39, 0.29) is 24.3 Å². The molecule has 2 rings (SSSR count). The molecule has 0 fully saturated rings. The maximum Gasteiger partial charge on any atom is 0.258 e. The van der Waals surface area contributed by atoms with Gasteiger partial charge in [-0.1, -0.05) is 58.0 Å². The summed E-state index contributed by atoms with van der Waals surface area (Å²) in [4.78, 5) is 24.9. The molecule has 0 aliphatic heterocycles. The van der Waals surface area contributed by atoms with Gasteiger partial charge in [-0.25, -0.2) is 0 Å². The quantitative estimate of drug-likeness (QED) is 0.741. The minimum Gasteiger partial charge on any atom is -0.484 e. The van der Waals surface area contributed by atoms with Crippen molar-refractivity contribution in [2.75, 3.05) is 11.9 Å². The van der Waals surface area contributed by atoms with Gasteiger partial charge in [0, 0.05) is 5.69 Å². The lowest BCUT2D eigenvalue weighted by atomic mass is 10.0. The van der Waals surface area contributed by atoms with Crippen LogP contribution in [0.15, 0.2) is 54.6 Å². The summed E-state index contributed by atoms with van der Waals surface area (Å²) in [5.74, 6) is 0.364. The van der Waals surface area contributed by atoms with E-state index in [9.17, 15) is 9.59 Å². The van der Waals surface area contributed by atoms with E-state index in [4.69, 9.17) is 4.74 Å². The van der Waals surface area contributed by atoms with Gasteiger partial charge in [0.15, 0.2) is 6.61 Å². The first-order valence-electron chi connectivity index (χ1n) is 9.25. The summed E-state index contributed by atoms with van der Waals surface area (Å²) in [7, 11) is 0. The number of benzene rings is 2. The molecule has 2 amide bonds. The molecular weight excluding hydrogens is 340 g/mol. The molecule has 0 heterocycles. The van der Waals surface area contributed by atoms with E-state index in [1.54, 1.807) is 12.1 Å². The molecule has 0 aliphatic rings. The highest BCUT2D eigenvalue weighted by Gasteiger charge is 2.24. The van der Waals surface area contributed by atoms with Crippen molar-refractivity contribution >= 4 is 17.5 Å². The molecule has 0 aromatic heterocycles. The Morgan fingerprint density at radius 3 is 2.30 bits per heavy atom. The zero-order valence-electron chi connectivity index (χ0n) is 16.4. The smallest absolute Gasteiger partial charge is 0.258 e. The Kier molecular flexibility index (Phi) is 7.41. The lowest BCUT2D eigenvalue weighted by Gasteiger charge is -2.22. The lowest BCUT2D eigenvalue weighted by Crippen LogP contribution is -2.48. The molecule has 144 valence electrons. The third-order valence-electron chi connectivity index (χ3n) is 4.20. The molecule has 2 N–H and O–H groups in total. The molecule has 0 bridgehead atoms. The van der Waals surface area contributed by atoms with Crippen molar-refractivity contribution in [1.29, 1.82) is 0 Å². The number of amides is 2. The van der Waals surface area contributed by atoms with E-state index in [0.29, 0.717) is 11.7 Å². The largest absolute Gasteiger partial charge is 0.484 e. The molecule has 0 saturated carbocycles. The van der Waals surface area contributed by atoms with Gasteiger partial charge in [-0.05, 0) is 41.7 Å². The fraction of sp³-hybridized carbons (Fsp3) is 0.364. The number of rotatable bonds is 8. The Morgan fingerprint density at radius 1 is 0.963 bits per heavy atom. The molecule has 5 heteroatoms. The fourth-order valence-electron chi connectivity index (χ4n) is 2.61. The Hall–Kier alpha value is -2.82. The number of anilines is 1. The Morgan fingerprint density at radius 2 is 1.67 bits per heavy atom. The predicted octanol–water partition coefficient (Wildman–Crippen LogP) is 3.97. The van der Waals surface area contributed by atoms with Crippen molar-refractivity contribution in [3.05, 3.63) is 60.2 Å². The highest BCUT2D eigenvalue weighted by Crippen LogP contribution is 2.19. The van der Waals surface area contributed by atoms with Crippen molar-refractivity contribution in [3.63, 3.8) is 0 Å². The van der Waals surface area contributed by atoms with Crippen LogP contribution in [-0.2, 0) is 9.59 Å². The first-order valence-corrected chi connectivity index (χ1v) is 9.25. The van der Waals surface area contributed by atoms with Gasteiger partial charge in [0.25, 0.3) is 5.91 Å². The van der Waals surface area contributed by atoms with Gasteiger partial charge in [0.2, 0.25) is 5.91 Å². The minimum absolute atomic E-state index is 0.0565. The average molecular weight is 368 g/mol. The number of hydrogen-bond donors (Lipinski definition) is 2. The molecule has 0 aliphatic carbocycles. The van der Waals surface area contributed by atoms with Crippen LogP contribution in [0.4, 0.5) is 5.69 Å². The standard InChI is InChI=1S/C22H28N2O3/c1-15(2)17-9-8-10-18(13-17)23-22(26)21(16(3)4)24-20(25)14-27-19-11-6-5-7-12-19/h5-13,15-16,21H,14H2,1-4H3,(H,23,26)(H,24,25)/t21-/m0/s1. The molecule has 0 radical (unpaired) electrons. The molecule has 2 aromatic carbocycles. The SMILES string of the molecule is CC(C)c1cccc(NC(=O)[C@@H](NC(=O)COc2ccccc2)C(C)C)c1. The summed E-state index contributed by atoms with van der Waals surface area (Å²) in [5.41, 5.74) is 1.88.